The fourth-order valence-corrected chi connectivity index (χ4v) is 2.82. The second-order valence-corrected chi connectivity index (χ2v) is 7.83. The number of carbonyl (C=O) groups is 5. The molecule has 0 radical (unpaired) electrons. The molecule has 1 rings (SSSR count). The van der Waals surface area contributed by atoms with E-state index in [4.69, 9.17) is 11.5 Å². The standard InChI is InChI=1S/C21H31N5O6/c1-11(2)17(26-18(28)12(3)24-19(29)14(22)10-16(23)27)20(30)25-15(21(31)32)9-13-7-5-4-6-8-13/h4-8,11-12,14-15,17H,9-10,22H2,1-3H3,(H2,23,27)(H,24,29)(H,25,30)(H,26,28)(H,31,32). The van der Waals surface area contributed by atoms with Gasteiger partial charge in [0.25, 0.3) is 0 Å². The van der Waals surface area contributed by atoms with Crippen molar-refractivity contribution in [1.82, 2.24) is 16.0 Å². The molecular weight excluding hydrogens is 418 g/mol. The summed E-state index contributed by atoms with van der Waals surface area (Å²) < 4.78 is 0. The van der Waals surface area contributed by atoms with Crippen LogP contribution in [0.15, 0.2) is 30.3 Å². The fourth-order valence-electron chi connectivity index (χ4n) is 2.82. The van der Waals surface area contributed by atoms with E-state index in [0.29, 0.717) is 0 Å². The summed E-state index contributed by atoms with van der Waals surface area (Å²) in [6, 6.07) is 4.31. The van der Waals surface area contributed by atoms with Crippen LogP contribution in [0.1, 0.15) is 32.8 Å². The molecule has 1 aromatic rings. The molecule has 0 aromatic heterocycles. The monoisotopic (exact) mass is 449 g/mol. The molecular formula is C21H31N5O6. The number of carbonyl (C=O) groups excluding carboxylic acids is 4. The third kappa shape index (κ3) is 8.72. The van der Waals surface area contributed by atoms with Crippen LogP contribution in [-0.4, -0.2) is 58.9 Å². The maximum atomic E-state index is 12.8. The molecule has 0 saturated carbocycles. The van der Waals surface area contributed by atoms with E-state index in [0.717, 1.165) is 5.56 Å². The van der Waals surface area contributed by atoms with Gasteiger partial charge in [-0.05, 0) is 18.4 Å². The van der Waals surface area contributed by atoms with Crippen molar-refractivity contribution in [2.24, 2.45) is 17.4 Å². The summed E-state index contributed by atoms with van der Waals surface area (Å²) >= 11 is 0. The summed E-state index contributed by atoms with van der Waals surface area (Å²) in [5, 5.41) is 16.8. The quantitative estimate of drug-likeness (QED) is 0.227. The van der Waals surface area contributed by atoms with Crippen molar-refractivity contribution in [3.05, 3.63) is 35.9 Å². The van der Waals surface area contributed by atoms with E-state index in [1.165, 1.54) is 6.92 Å². The number of hydrogen-bond acceptors (Lipinski definition) is 6. The number of amides is 4. The molecule has 4 unspecified atom stereocenters. The topological polar surface area (TPSA) is 194 Å². The lowest BCUT2D eigenvalue weighted by Gasteiger charge is -2.26. The van der Waals surface area contributed by atoms with Crippen molar-refractivity contribution >= 4 is 29.6 Å². The van der Waals surface area contributed by atoms with Gasteiger partial charge in [0.1, 0.15) is 18.1 Å². The lowest BCUT2D eigenvalue weighted by Crippen LogP contribution is -2.58. The molecule has 11 nitrogen and oxygen atoms in total. The van der Waals surface area contributed by atoms with Crippen molar-refractivity contribution in [3.8, 4) is 0 Å². The van der Waals surface area contributed by atoms with Crippen LogP contribution in [-0.2, 0) is 30.4 Å². The highest BCUT2D eigenvalue weighted by molar-refractivity contribution is 5.94. The van der Waals surface area contributed by atoms with Gasteiger partial charge < -0.3 is 32.5 Å². The van der Waals surface area contributed by atoms with Gasteiger partial charge in [-0.1, -0.05) is 44.2 Å². The Morgan fingerprint density at radius 3 is 2.00 bits per heavy atom. The molecule has 0 aliphatic carbocycles. The van der Waals surface area contributed by atoms with Gasteiger partial charge in [-0.15, -0.1) is 0 Å². The average Bonchev–Trinajstić information content (AvgIpc) is 2.70. The Balaban J connectivity index is 2.78. The van der Waals surface area contributed by atoms with Crippen LogP contribution in [0.2, 0.25) is 0 Å². The maximum Gasteiger partial charge on any atom is 0.326 e. The van der Waals surface area contributed by atoms with Crippen molar-refractivity contribution in [1.29, 1.82) is 0 Å². The molecule has 176 valence electrons. The second-order valence-electron chi connectivity index (χ2n) is 7.83. The van der Waals surface area contributed by atoms with E-state index in [1.54, 1.807) is 44.2 Å². The first kappa shape index (κ1) is 26.6. The van der Waals surface area contributed by atoms with E-state index in [2.05, 4.69) is 16.0 Å². The maximum absolute atomic E-state index is 12.8. The highest BCUT2D eigenvalue weighted by atomic mass is 16.4. The zero-order chi connectivity index (χ0) is 24.4. The van der Waals surface area contributed by atoms with Gasteiger partial charge in [-0.3, -0.25) is 19.2 Å². The minimum Gasteiger partial charge on any atom is -0.480 e. The molecule has 0 fully saturated rings. The number of rotatable bonds is 12. The lowest BCUT2D eigenvalue weighted by atomic mass is 10.0. The fraction of sp³-hybridized carbons (Fsp3) is 0.476. The van der Waals surface area contributed by atoms with Crippen molar-refractivity contribution < 1.29 is 29.1 Å². The highest BCUT2D eigenvalue weighted by Gasteiger charge is 2.30. The molecule has 0 spiro atoms. The number of carboxylic acids is 1. The van der Waals surface area contributed by atoms with E-state index in [1.807, 2.05) is 0 Å². The third-order valence-electron chi connectivity index (χ3n) is 4.65. The molecule has 32 heavy (non-hydrogen) atoms. The van der Waals surface area contributed by atoms with E-state index in [-0.39, 0.29) is 18.8 Å². The second kappa shape index (κ2) is 12.4. The molecule has 4 atom stereocenters. The van der Waals surface area contributed by atoms with Gasteiger partial charge in [-0.25, -0.2) is 4.79 Å². The first-order valence-corrected chi connectivity index (χ1v) is 10.1. The summed E-state index contributed by atoms with van der Waals surface area (Å²) in [4.78, 5) is 59.7. The largest absolute Gasteiger partial charge is 0.480 e. The van der Waals surface area contributed by atoms with Crippen molar-refractivity contribution in [3.63, 3.8) is 0 Å². The number of benzene rings is 1. The first-order chi connectivity index (χ1) is 14.9. The summed E-state index contributed by atoms with van der Waals surface area (Å²) in [7, 11) is 0. The number of hydrogen-bond donors (Lipinski definition) is 6. The van der Waals surface area contributed by atoms with Crippen molar-refractivity contribution in [2.75, 3.05) is 0 Å². The predicted octanol–water partition coefficient (Wildman–Crippen LogP) is -1.35. The Hall–Kier alpha value is -3.47. The van der Waals surface area contributed by atoms with Crippen LogP contribution in [0.3, 0.4) is 0 Å². The summed E-state index contributed by atoms with van der Waals surface area (Å²) in [6.45, 7) is 4.75. The number of primary amides is 1. The summed E-state index contributed by atoms with van der Waals surface area (Å²) in [6.07, 6.45) is -0.305. The minimum atomic E-state index is -1.21. The molecule has 8 N–H and O–H groups in total. The summed E-state index contributed by atoms with van der Waals surface area (Å²) in [5.74, 6) is -4.42. The Kier molecular flexibility index (Phi) is 10.3. The van der Waals surface area contributed by atoms with Crippen LogP contribution < -0.4 is 27.4 Å². The molecule has 11 heteroatoms. The number of carboxylic acid groups (broad SMARTS) is 1. The van der Waals surface area contributed by atoms with Gasteiger partial charge in [0.15, 0.2) is 0 Å². The van der Waals surface area contributed by atoms with Crippen LogP contribution in [0.5, 0.6) is 0 Å². The minimum absolute atomic E-state index is 0.0743. The first-order valence-electron chi connectivity index (χ1n) is 10.1. The number of nitrogens with one attached hydrogen (secondary N) is 3. The van der Waals surface area contributed by atoms with Crippen LogP contribution in [0, 0.1) is 5.92 Å². The summed E-state index contributed by atoms with van der Waals surface area (Å²) in [5.41, 5.74) is 11.3. The Labute approximate surface area is 186 Å². The van der Waals surface area contributed by atoms with Crippen LogP contribution in [0.4, 0.5) is 0 Å². The zero-order valence-corrected chi connectivity index (χ0v) is 18.3. The Morgan fingerprint density at radius 2 is 1.50 bits per heavy atom. The Morgan fingerprint density at radius 1 is 0.906 bits per heavy atom. The van der Waals surface area contributed by atoms with Gasteiger partial charge in [-0.2, -0.15) is 0 Å². The molecule has 1 aromatic carbocycles. The normalized spacial score (nSPS) is 14.5. The molecule has 0 aliphatic heterocycles. The third-order valence-corrected chi connectivity index (χ3v) is 4.65. The van der Waals surface area contributed by atoms with E-state index < -0.39 is 53.8 Å². The van der Waals surface area contributed by atoms with Gasteiger partial charge in [0.2, 0.25) is 23.6 Å². The molecule has 0 heterocycles. The van der Waals surface area contributed by atoms with Gasteiger partial charge in [0, 0.05) is 6.42 Å². The number of nitrogens with two attached hydrogens (primary N) is 2. The van der Waals surface area contributed by atoms with E-state index in [9.17, 15) is 29.1 Å². The molecule has 0 aliphatic rings. The SMILES string of the molecule is CC(NC(=O)C(N)CC(N)=O)C(=O)NC(C(=O)NC(Cc1ccccc1)C(=O)O)C(C)C. The zero-order valence-electron chi connectivity index (χ0n) is 18.3. The smallest absolute Gasteiger partial charge is 0.326 e. The van der Waals surface area contributed by atoms with Crippen LogP contribution >= 0.6 is 0 Å². The van der Waals surface area contributed by atoms with Gasteiger partial charge in [0.05, 0.1) is 12.5 Å². The number of aliphatic carboxylic acids is 1. The highest BCUT2D eigenvalue weighted by Crippen LogP contribution is 2.07. The Bertz CT molecular complexity index is 829. The van der Waals surface area contributed by atoms with Gasteiger partial charge >= 0.3 is 5.97 Å². The average molecular weight is 450 g/mol. The lowest BCUT2D eigenvalue weighted by molar-refractivity contribution is -0.142. The van der Waals surface area contributed by atoms with Crippen molar-refractivity contribution in [2.45, 2.75) is 57.8 Å². The van der Waals surface area contributed by atoms with Crippen LogP contribution in [0.25, 0.3) is 0 Å². The molecule has 0 saturated heterocycles. The molecule has 0 bridgehead atoms. The predicted molar refractivity (Wildman–Crippen MR) is 116 cm³/mol. The molecule has 4 amide bonds. The van der Waals surface area contributed by atoms with E-state index >= 15 is 0 Å².